The molecule has 156 valence electrons. The van der Waals surface area contributed by atoms with Crippen LogP contribution < -0.4 is 0 Å². The van der Waals surface area contributed by atoms with Crippen molar-refractivity contribution in [3.8, 4) is 12.1 Å². The minimum absolute atomic E-state index is 0.160. The Morgan fingerprint density at radius 3 is 2.23 bits per heavy atom. The molecule has 6 nitrogen and oxygen atoms in total. The van der Waals surface area contributed by atoms with Crippen LogP contribution in [0.3, 0.4) is 0 Å². The quantitative estimate of drug-likeness (QED) is 0.699. The van der Waals surface area contributed by atoms with E-state index in [4.69, 9.17) is 4.74 Å². The third-order valence-electron chi connectivity index (χ3n) is 6.55. The van der Waals surface area contributed by atoms with Gasteiger partial charge in [-0.2, -0.15) is 10.5 Å². The van der Waals surface area contributed by atoms with Crippen molar-refractivity contribution in [3.63, 3.8) is 0 Å². The predicted molar refractivity (Wildman–Crippen MR) is 108 cm³/mol. The van der Waals surface area contributed by atoms with Crippen LogP contribution in [0.1, 0.15) is 28.8 Å². The lowest BCUT2D eigenvalue weighted by Gasteiger charge is -2.32. The summed E-state index contributed by atoms with van der Waals surface area (Å²) in [6.07, 6.45) is 0.249. The Balaban J connectivity index is 1.45. The van der Waals surface area contributed by atoms with E-state index in [1.165, 1.54) is 24.3 Å². The Bertz CT molecular complexity index is 1060. The molecule has 2 aliphatic rings. The average molecular weight is 417 g/mol. The van der Waals surface area contributed by atoms with Crippen molar-refractivity contribution in [2.75, 3.05) is 13.1 Å². The number of likely N-dealkylation sites (tertiary alicyclic amines) is 1. The predicted octanol–water partition coefficient (Wildman–Crippen LogP) is 4.09. The van der Waals surface area contributed by atoms with Gasteiger partial charge in [0.1, 0.15) is 12.4 Å². The molecule has 1 atom stereocenters. The van der Waals surface area contributed by atoms with Crippen LogP contribution in [0.2, 0.25) is 0 Å². The number of Topliss-reactive ketones (excluding diaryl/α,β-unsaturated/α-hetero) is 1. The third-order valence-corrected chi connectivity index (χ3v) is 6.55. The number of benzene rings is 2. The first-order valence-corrected chi connectivity index (χ1v) is 10.1. The topological polar surface area (TPSA) is 94.2 Å². The van der Waals surface area contributed by atoms with E-state index in [9.17, 15) is 24.5 Å². The Morgan fingerprint density at radius 2 is 1.65 bits per heavy atom. The maximum Gasteiger partial charge on any atom is 0.410 e. The molecule has 2 aromatic carbocycles. The van der Waals surface area contributed by atoms with Gasteiger partial charge >= 0.3 is 6.09 Å². The molecule has 1 saturated heterocycles. The minimum atomic E-state index is -1.43. The summed E-state index contributed by atoms with van der Waals surface area (Å²) >= 11 is 0. The van der Waals surface area contributed by atoms with Gasteiger partial charge in [0.2, 0.25) is 0 Å². The van der Waals surface area contributed by atoms with Gasteiger partial charge in [0.05, 0.1) is 18.1 Å². The first-order chi connectivity index (χ1) is 15.0. The van der Waals surface area contributed by atoms with Gasteiger partial charge in [-0.3, -0.25) is 4.79 Å². The number of hydrogen-bond donors (Lipinski definition) is 0. The molecule has 31 heavy (non-hydrogen) atoms. The van der Waals surface area contributed by atoms with Gasteiger partial charge in [0, 0.05) is 24.1 Å². The number of carbonyl (C=O) groups excluding carboxylic acids is 2. The molecule has 1 saturated carbocycles. The molecule has 2 fully saturated rings. The number of hydrogen-bond acceptors (Lipinski definition) is 5. The summed E-state index contributed by atoms with van der Waals surface area (Å²) in [4.78, 5) is 27.1. The van der Waals surface area contributed by atoms with Crippen LogP contribution in [-0.2, 0) is 11.3 Å². The van der Waals surface area contributed by atoms with E-state index >= 15 is 0 Å². The monoisotopic (exact) mass is 417 g/mol. The average Bonchev–Trinajstić information content (AvgIpc) is 3.38. The van der Waals surface area contributed by atoms with Gasteiger partial charge < -0.3 is 9.64 Å². The summed E-state index contributed by atoms with van der Waals surface area (Å²) in [7, 11) is 0. The van der Waals surface area contributed by atoms with E-state index in [0.717, 1.165) is 5.56 Å². The number of nitrogens with zero attached hydrogens (tertiary/aromatic N) is 3. The lowest BCUT2D eigenvalue weighted by molar-refractivity contribution is 0.0742. The Morgan fingerprint density at radius 1 is 1.03 bits per heavy atom. The summed E-state index contributed by atoms with van der Waals surface area (Å²) in [6.45, 7) is 0.755. The SMILES string of the molecule is N#CC1(C#N)[C@@H](C(=O)c2ccc(F)cc2)C12CCN(C(=O)OCc1ccccc1)CC2. The van der Waals surface area contributed by atoms with Crippen LogP contribution in [0.25, 0.3) is 0 Å². The van der Waals surface area contributed by atoms with Crippen molar-refractivity contribution in [2.45, 2.75) is 19.4 Å². The fourth-order valence-corrected chi connectivity index (χ4v) is 4.78. The van der Waals surface area contributed by atoms with Crippen LogP contribution in [-0.4, -0.2) is 29.9 Å². The molecule has 2 aromatic rings. The molecular formula is C24H20FN3O3. The van der Waals surface area contributed by atoms with Crippen molar-refractivity contribution < 1.29 is 18.7 Å². The molecule has 1 heterocycles. The first-order valence-electron chi connectivity index (χ1n) is 10.1. The highest BCUT2D eigenvalue weighted by Crippen LogP contribution is 2.74. The van der Waals surface area contributed by atoms with Crippen molar-refractivity contribution >= 4 is 11.9 Å². The number of rotatable bonds is 4. The van der Waals surface area contributed by atoms with E-state index in [1.807, 2.05) is 30.3 Å². The molecule has 1 aliphatic heterocycles. The van der Waals surface area contributed by atoms with Crippen molar-refractivity contribution in [1.29, 1.82) is 10.5 Å². The molecule has 0 unspecified atom stereocenters. The number of carbonyl (C=O) groups is 2. The molecule has 7 heteroatoms. The van der Waals surface area contributed by atoms with Gasteiger partial charge in [-0.1, -0.05) is 30.3 Å². The van der Waals surface area contributed by atoms with Crippen LogP contribution in [0.4, 0.5) is 9.18 Å². The van der Waals surface area contributed by atoms with Gasteiger partial charge in [0.25, 0.3) is 0 Å². The summed E-state index contributed by atoms with van der Waals surface area (Å²) in [6, 6.07) is 18.6. The second kappa shape index (κ2) is 7.85. The van der Waals surface area contributed by atoms with Crippen molar-refractivity contribution in [3.05, 3.63) is 71.5 Å². The van der Waals surface area contributed by atoms with E-state index in [0.29, 0.717) is 25.9 Å². The number of ketones is 1. The first kappa shape index (κ1) is 20.6. The van der Waals surface area contributed by atoms with Crippen molar-refractivity contribution in [2.24, 2.45) is 16.7 Å². The maximum absolute atomic E-state index is 13.2. The van der Waals surface area contributed by atoms with Gasteiger partial charge in [-0.15, -0.1) is 0 Å². The Hall–Kier alpha value is -3.71. The van der Waals surface area contributed by atoms with E-state index < -0.39 is 28.7 Å². The highest BCUT2D eigenvalue weighted by atomic mass is 19.1. The van der Waals surface area contributed by atoms with Crippen LogP contribution in [0, 0.1) is 45.2 Å². The van der Waals surface area contributed by atoms with Crippen LogP contribution in [0.15, 0.2) is 54.6 Å². The largest absolute Gasteiger partial charge is 0.445 e. The number of piperidine rings is 1. The molecule has 4 rings (SSSR count). The van der Waals surface area contributed by atoms with Gasteiger partial charge in [-0.05, 0) is 42.7 Å². The number of amides is 1. The zero-order valence-corrected chi connectivity index (χ0v) is 16.8. The lowest BCUT2D eigenvalue weighted by Crippen LogP contribution is -2.41. The second-order valence-electron chi connectivity index (χ2n) is 8.02. The lowest BCUT2D eigenvalue weighted by atomic mass is 9.84. The molecule has 0 aromatic heterocycles. The van der Waals surface area contributed by atoms with Gasteiger partial charge in [-0.25, -0.2) is 9.18 Å². The van der Waals surface area contributed by atoms with Crippen LogP contribution >= 0.6 is 0 Å². The molecule has 1 aliphatic carbocycles. The molecule has 0 N–H and O–H groups in total. The van der Waals surface area contributed by atoms with E-state index in [1.54, 1.807) is 4.90 Å². The van der Waals surface area contributed by atoms with Crippen molar-refractivity contribution in [1.82, 2.24) is 4.90 Å². The van der Waals surface area contributed by atoms with Crippen LogP contribution in [0.5, 0.6) is 0 Å². The normalized spacial score (nSPS) is 20.4. The summed E-state index contributed by atoms with van der Waals surface area (Å²) < 4.78 is 18.6. The Kier molecular flexibility index (Phi) is 5.20. The zero-order valence-electron chi connectivity index (χ0n) is 16.8. The fraction of sp³-hybridized carbons (Fsp3) is 0.333. The smallest absolute Gasteiger partial charge is 0.410 e. The molecule has 1 amide bonds. The van der Waals surface area contributed by atoms with E-state index in [2.05, 4.69) is 12.1 Å². The highest BCUT2D eigenvalue weighted by molar-refractivity contribution is 6.02. The highest BCUT2D eigenvalue weighted by Gasteiger charge is 2.80. The maximum atomic E-state index is 13.2. The minimum Gasteiger partial charge on any atom is -0.445 e. The number of nitriles is 2. The molecule has 1 spiro atoms. The fourth-order valence-electron chi connectivity index (χ4n) is 4.78. The summed E-state index contributed by atoms with van der Waals surface area (Å²) in [5.41, 5.74) is -1.08. The zero-order chi connectivity index (χ0) is 22.1. The molecule has 0 bridgehead atoms. The molecular weight excluding hydrogens is 397 g/mol. The number of ether oxygens (including phenoxy) is 1. The third kappa shape index (κ3) is 3.33. The number of halogens is 1. The molecule has 0 radical (unpaired) electrons. The standard InChI is InChI=1S/C24H20FN3O3/c25-19-8-6-18(7-9-19)20(29)21-23(24(21,15-26)16-27)10-12-28(13-11-23)22(30)31-14-17-4-2-1-3-5-17/h1-9,21H,10-14H2/t21-/m0/s1. The second-order valence-corrected chi connectivity index (χ2v) is 8.02. The van der Waals surface area contributed by atoms with E-state index in [-0.39, 0.29) is 18.0 Å². The summed E-state index contributed by atoms with van der Waals surface area (Å²) in [5, 5.41) is 19.6. The summed E-state index contributed by atoms with van der Waals surface area (Å²) in [5.74, 6) is -1.58. The Labute approximate surface area is 179 Å². The van der Waals surface area contributed by atoms with Gasteiger partial charge in [0.15, 0.2) is 11.2 Å².